The van der Waals surface area contributed by atoms with Gasteiger partial charge in [-0.15, -0.1) is 0 Å². The summed E-state index contributed by atoms with van der Waals surface area (Å²) in [5, 5.41) is 3.34. The van der Waals surface area contributed by atoms with E-state index in [0.717, 1.165) is 38.2 Å². The first-order chi connectivity index (χ1) is 12.5. The highest BCUT2D eigenvalue weighted by Gasteiger charge is 2.32. The molecule has 1 aromatic rings. The summed E-state index contributed by atoms with van der Waals surface area (Å²) in [4.78, 5) is 8.73. The van der Waals surface area contributed by atoms with Crippen molar-refractivity contribution in [1.82, 2.24) is 15.1 Å². The third-order valence-electron chi connectivity index (χ3n) is 4.82. The molecule has 2 heterocycles. The molecule has 2 saturated heterocycles. The lowest BCUT2D eigenvalue weighted by Gasteiger charge is -2.36. The van der Waals surface area contributed by atoms with Gasteiger partial charge >= 0.3 is 6.18 Å². The van der Waals surface area contributed by atoms with Crippen molar-refractivity contribution in [1.29, 1.82) is 0 Å². The molecule has 2 aliphatic rings. The van der Waals surface area contributed by atoms with Gasteiger partial charge in [0.1, 0.15) is 6.10 Å². The van der Waals surface area contributed by atoms with Crippen molar-refractivity contribution in [3.05, 3.63) is 35.4 Å². The van der Waals surface area contributed by atoms with Crippen LogP contribution in [0.4, 0.5) is 13.2 Å². The quantitative estimate of drug-likeness (QED) is 0.653. The summed E-state index contributed by atoms with van der Waals surface area (Å²) >= 11 is 0. The van der Waals surface area contributed by atoms with Crippen molar-refractivity contribution in [3.8, 4) is 0 Å². The fourth-order valence-corrected chi connectivity index (χ4v) is 3.22. The van der Waals surface area contributed by atoms with Crippen molar-refractivity contribution in [3.63, 3.8) is 0 Å². The number of rotatable bonds is 4. The van der Waals surface area contributed by atoms with Gasteiger partial charge in [-0.2, -0.15) is 13.2 Å². The highest BCUT2D eigenvalue weighted by molar-refractivity contribution is 5.80. The van der Waals surface area contributed by atoms with E-state index in [1.807, 2.05) is 4.90 Å². The van der Waals surface area contributed by atoms with Crippen LogP contribution in [0.5, 0.6) is 0 Å². The molecular formula is C18H25F3N4O. The molecule has 1 N–H and O–H groups in total. The van der Waals surface area contributed by atoms with Crippen LogP contribution in [0.3, 0.4) is 0 Å². The van der Waals surface area contributed by atoms with Gasteiger partial charge in [-0.05, 0) is 37.2 Å². The van der Waals surface area contributed by atoms with E-state index < -0.39 is 17.8 Å². The number of hydrogen-bond acceptors (Lipinski definition) is 3. The van der Waals surface area contributed by atoms with Crippen molar-refractivity contribution in [2.75, 3.05) is 52.9 Å². The van der Waals surface area contributed by atoms with Crippen LogP contribution in [0.2, 0.25) is 0 Å². The minimum atomic E-state index is -4.35. The lowest BCUT2D eigenvalue weighted by Crippen LogP contribution is -2.50. The van der Waals surface area contributed by atoms with Crippen LogP contribution < -0.4 is 5.32 Å². The van der Waals surface area contributed by atoms with Crippen LogP contribution in [0, 0.1) is 0 Å². The molecule has 0 aromatic heterocycles. The van der Waals surface area contributed by atoms with E-state index in [1.54, 1.807) is 13.1 Å². The number of likely N-dealkylation sites (tertiary alicyclic amines) is 1. The fraction of sp³-hybridized carbons (Fsp3) is 0.611. The molecule has 3 rings (SSSR count). The molecule has 0 spiro atoms. The van der Waals surface area contributed by atoms with E-state index in [9.17, 15) is 13.2 Å². The smallest absolute Gasteiger partial charge is 0.370 e. The summed E-state index contributed by atoms with van der Waals surface area (Å²) in [5.41, 5.74) is -0.103. The number of ether oxygens (including phenoxy) is 1. The van der Waals surface area contributed by atoms with Gasteiger partial charge in [-0.25, -0.2) is 0 Å². The van der Waals surface area contributed by atoms with Gasteiger partial charge < -0.3 is 19.9 Å². The summed E-state index contributed by atoms with van der Waals surface area (Å²) < 4.78 is 44.6. The van der Waals surface area contributed by atoms with Crippen molar-refractivity contribution in [2.24, 2.45) is 4.99 Å². The standard InChI is InChI=1S/C18H25F3N4O/c1-22-17(23-6-9-24-7-3-8-24)25-10-11-26-16(13-25)14-4-2-5-15(12-14)18(19,20)21/h2,4-5,12,16H,3,6-11,13H2,1H3,(H,22,23). The molecule has 8 heteroatoms. The Bertz CT molecular complexity index is 631. The van der Waals surface area contributed by atoms with E-state index in [4.69, 9.17) is 4.74 Å². The first-order valence-corrected chi connectivity index (χ1v) is 8.94. The molecule has 1 aromatic carbocycles. The Hall–Kier alpha value is -1.80. The average Bonchev–Trinajstić information content (AvgIpc) is 2.60. The number of benzene rings is 1. The molecule has 2 fully saturated rings. The number of guanidine groups is 1. The Morgan fingerprint density at radius 3 is 2.77 bits per heavy atom. The Kier molecular flexibility index (Phi) is 6.03. The Morgan fingerprint density at radius 2 is 2.12 bits per heavy atom. The second kappa shape index (κ2) is 8.26. The number of halogens is 3. The average molecular weight is 370 g/mol. The molecule has 0 saturated carbocycles. The van der Waals surface area contributed by atoms with E-state index in [2.05, 4.69) is 15.2 Å². The summed E-state index contributed by atoms with van der Waals surface area (Å²) in [5.74, 6) is 0.769. The predicted molar refractivity (Wildman–Crippen MR) is 94.1 cm³/mol. The van der Waals surface area contributed by atoms with Crippen LogP contribution >= 0.6 is 0 Å². The molecule has 5 nitrogen and oxygen atoms in total. The van der Waals surface area contributed by atoms with Gasteiger partial charge in [0, 0.05) is 26.7 Å². The predicted octanol–water partition coefficient (Wildman–Crippen LogP) is 2.36. The summed E-state index contributed by atoms with van der Waals surface area (Å²) in [7, 11) is 1.72. The van der Waals surface area contributed by atoms with E-state index in [-0.39, 0.29) is 0 Å². The summed E-state index contributed by atoms with van der Waals surface area (Å²) in [6.07, 6.45) is -3.49. The molecular weight excluding hydrogens is 345 g/mol. The zero-order chi connectivity index (χ0) is 18.6. The number of nitrogens with zero attached hydrogens (tertiary/aromatic N) is 3. The number of hydrogen-bond donors (Lipinski definition) is 1. The number of alkyl halides is 3. The third-order valence-corrected chi connectivity index (χ3v) is 4.82. The largest absolute Gasteiger partial charge is 0.416 e. The lowest BCUT2D eigenvalue weighted by atomic mass is 10.0. The van der Waals surface area contributed by atoms with E-state index in [0.29, 0.717) is 25.3 Å². The topological polar surface area (TPSA) is 40.1 Å². The molecule has 0 bridgehead atoms. The normalized spacial score (nSPS) is 22.2. The maximum absolute atomic E-state index is 12.9. The minimum absolute atomic E-state index is 0.403. The fourth-order valence-electron chi connectivity index (χ4n) is 3.22. The highest BCUT2D eigenvalue weighted by Crippen LogP contribution is 2.32. The van der Waals surface area contributed by atoms with Gasteiger partial charge in [-0.1, -0.05) is 12.1 Å². The van der Waals surface area contributed by atoms with Crippen LogP contribution in [-0.4, -0.2) is 68.7 Å². The van der Waals surface area contributed by atoms with Gasteiger partial charge in [0.15, 0.2) is 5.96 Å². The Labute approximate surface area is 151 Å². The molecule has 0 radical (unpaired) electrons. The zero-order valence-electron chi connectivity index (χ0n) is 14.9. The highest BCUT2D eigenvalue weighted by atomic mass is 19.4. The Balaban J connectivity index is 1.60. The van der Waals surface area contributed by atoms with Crippen LogP contribution in [-0.2, 0) is 10.9 Å². The van der Waals surface area contributed by atoms with Crippen molar-refractivity contribution < 1.29 is 17.9 Å². The molecule has 1 atom stereocenters. The molecule has 0 amide bonds. The second-order valence-corrected chi connectivity index (χ2v) is 6.60. The van der Waals surface area contributed by atoms with Gasteiger partial charge in [0.2, 0.25) is 0 Å². The van der Waals surface area contributed by atoms with Crippen molar-refractivity contribution in [2.45, 2.75) is 18.7 Å². The molecule has 1 unspecified atom stereocenters. The summed E-state index contributed by atoms with van der Waals surface area (Å²) in [6, 6.07) is 5.37. The molecule has 0 aliphatic carbocycles. The molecule has 2 aliphatic heterocycles. The third kappa shape index (κ3) is 4.67. The van der Waals surface area contributed by atoms with Gasteiger partial charge in [0.25, 0.3) is 0 Å². The number of aliphatic imine (C=N–C) groups is 1. The molecule has 26 heavy (non-hydrogen) atoms. The van der Waals surface area contributed by atoms with Crippen LogP contribution in [0.15, 0.2) is 29.3 Å². The Morgan fingerprint density at radius 1 is 1.31 bits per heavy atom. The lowest BCUT2D eigenvalue weighted by molar-refractivity contribution is -0.137. The zero-order valence-corrected chi connectivity index (χ0v) is 14.9. The van der Waals surface area contributed by atoms with E-state index in [1.165, 1.54) is 18.6 Å². The number of morpholine rings is 1. The van der Waals surface area contributed by atoms with Gasteiger partial charge in [-0.3, -0.25) is 4.99 Å². The maximum atomic E-state index is 12.9. The number of nitrogens with one attached hydrogen (secondary N) is 1. The summed E-state index contributed by atoms with van der Waals surface area (Å²) in [6.45, 7) is 5.67. The second-order valence-electron chi connectivity index (χ2n) is 6.60. The monoisotopic (exact) mass is 370 g/mol. The van der Waals surface area contributed by atoms with Crippen molar-refractivity contribution >= 4 is 5.96 Å². The van der Waals surface area contributed by atoms with Crippen LogP contribution in [0.25, 0.3) is 0 Å². The SMILES string of the molecule is CN=C(NCCN1CCC1)N1CCOC(c2cccc(C(F)(F)F)c2)C1. The maximum Gasteiger partial charge on any atom is 0.416 e. The first kappa shape index (κ1) is 19.0. The minimum Gasteiger partial charge on any atom is -0.370 e. The van der Waals surface area contributed by atoms with E-state index >= 15 is 0 Å². The molecule has 144 valence electrons. The van der Waals surface area contributed by atoms with Gasteiger partial charge in [0.05, 0.1) is 18.7 Å². The first-order valence-electron chi connectivity index (χ1n) is 8.94. The van der Waals surface area contributed by atoms with Crippen LogP contribution in [0.1, 0.15) is 23.7 Å².